The van der Waals surface area contributed by atoms with Gasteiger partial charge in [-0.25, -0.2) is 18.3 Å². The van der Waals surface area contributed by atoms with E-state index in [1.807, 2.05) is 24.3 Å². The maximum Gasteiger partial charge on any atom is 0.472 e. The van der Waals surface area contributed by atoms with E-state index in [4.69, 9.17) is 55.8 Å². The van der Waals surface area contributed by atoms with Crippen LogP contribution in [0.25, 0.3) is 0 Å². The van der Waals surface area contributed by atoms with Gasteiger partial charge < -0.3 is 67.4 Å². The standard InChI is InChI=1S/C73H105Br2F3O25P4/c1-4-6-8-10-12-14-16-18-20-21-23-25-27-29-31-33-35-40-64(80)96-58(52-94-63(79)39-34-32-30-28-26-24-22-19-17-15-13-11-9-7-5-2)53-95-107(90,91)103-67-65(98-71(92-3)45-47-93-48-46-71)68(100-104(81,82)83)70(102-106(87,88)89)69(101-105(84,85)86)66(67)99-72(54-37-36-38-55(49-54)73(76,77)78)59-50-56(74)41-43-61(59)97-62-44-42-57(75)51-60(62)72/h12,14,18,20,23,25,29,31,36-38,41-44,49-51,58,65-70H,4-11,13,15-17,19,21-22,24,26-28,30,32-35,39-40,45-48,52-53H2,1-3H3,(H,90,91)(H2,81,82,83)(H2,84,85,86)(H2,87,88,89)/b14-12-,20-18-,25-23-,31-29-/t58-,65+,66+,67-,68+,69-,70-/m1/s1. The molecule has 107 heavy (non-hydrogen) atoms. The number of fused-ring (bicyclic) bond motifs is 2. The Morgan fingerprint density at radius 3 is 1.47 bits per heavy atom. The van der Waals surface area contributed by atoms with Crippen molar-refractivity contribution in [3.63, 3.8) is 0 Å². The molecule has 3 aliphatic rings. The molecule has 0 bridgehead atoms. The Morgan fingerprint density at radius 1 is 0.542 bits per heavy atom. The summed E-state index contributed by atoms with van der Waals surface area (Å²) < 4.78 is 172. The first-order valence-electron chi connectivity index (χ1n) is 36.6. The summed E-state index contributed by atoms with van der Waals surface area (Å²) in [5.74, 6) is -4.05. The molecular formula is C73H105Br2F3O25P4. The first-order chi connectivity index (χ1) is 50.8. The third-order valence-corrected chi connectivity index (χ3v) is 21.6. The fourth-order valence-electron chi connectivity index (χ4n) is 12.8. The predicted octanol–water partition coefficient (Wildman–Crippen LogP) is 18.4. The van der Waals surface area contributed by atoms with E-state index in [1.165, 1.54) is 107 Å². The van der Waals surface area contributed by atoms with Crippen LogP contribution in [0.2, 0.25) is 0 Å². The summed E-state index contributed by atoms with van der Waals surface area (Å²) in [6.45, 7) is 2.03. The molecule has 25 nitrogen and oxygen atoms in total. The van der Waals surface area contributed by atoms with Gasteiger partial charge in [0.2, 0.25) is 0 Å². The normalized spacial score (nSPS) is 20.7. The molecule has 2 fully saturated rings. The number of hydrogen-bond acceptors (Lipinski definition) is 18. The van der Waals surface area contributed by atoms with Crippen molar-refractivity contribution in [2.75, 3.05) is 33.5 Å². The molecule has 3 aromatic rings. The Bertz CT molecular complexity index is 3490. The topological polar surface area (TPSA) is 355 Å². The van der Waals surface area contributed by atoms with Crippen molar-refractivity contribution in [1.29, 1.82) is 0 Å². The summed E-state index contributed by atoms with van der Waals surface area (Å²) in [6, 6.07) is 11.7. The van der Waals surface area contributed by atoms with Gasteiger partial charge in [-0.3, -0.25) is 32.2 Å². The van der Waals surface area contributed by atoms with Crippen LogP contribution in [0.15, 0.2) is 118 Å². The van der Waals surface area contributed by atoms with Gasteiger partial charge in [0.05, 0.1) is 25.4 Å². The predicted molar refractivity (Wildman–Crippen MR) is 399 cm³/mol. The molecule has 0 amide bonds. The molecule has 7 N–H and O–H groups in total. The van der Waals surface area contributed by atoms with E-state index in [-0.39, 0.29) is 76.9 Å². The van der Waals surface area contributed by atoms with E-state index >= 15 is 17.7 Å². The number of methoxy groups -OCH3 is 1. The van der Waals surface area contributed by atoms with Gasteiger partial charge in [-0.1, -0.05) is 209 Å². The molecule has 0 aromatic heterocycles. The zero-order chi connectivity index (χ0) is 78.2. The van der Waals surface area contributed by atoms with E-state index in [0.717, 1.165) is 70.6 Å². The Balaban J connectivity index is 1.37. The van der Waals surface area contributed by atoms with Crippen LogP contribution < -0.4 is 4.74 Å². The van der Waals surface area contributed by atoms with Crippen LogP contribution in [0.3, 0.4) is 0 Å². The Labute approximate surface area is 642 Å². The summed E-state index contributed by atoms with van der Waals surface area (Å²) in [5, 5.41) is 0. The maximum atomic E-state index is 15.3. The number of rotatable bonds is 50. The van der Waals surface area contributed by atoms with E-state index in [2.05, 4.69) is 70.0 Å². The molecule has 6 rings (SSSR count). The minimum Gasteiger partial charge on any atom is -0.462 e. The summed E-state index contributed by atoms with van der Waals surface area (Å²) in [4.78, 5) is 104. The number of halogens is 5. The minimum absolute atomic E-state index is 0.0601. The second kappa shape index (κ2) is 45.9. The van der Waals surface area contributed by atoms with Gasteiger partial charge in [-0.15, -0.1) is 0 Å². The van der Waals surface area contributed by atoms with E-state index in [9.17, 15) is 57.5 Å². The van der Waals surface area contributed by atoms with E-state index in [0.29, 0.717) is 37.8 Å². The van der Waals surface area contributed by atoms with Crippen molar-refractivity contribution >= 4 is 75.1 Å². The van der Waals surface area contributed by atoms with Crippen LogP contribution in [0, 0.1) is 0 Å². The second-order valence-corrected chi connectivity index (χ2v) is 33.3. The lowest BCUT2D eigenvalue weighted by atomic mass is 9.76. The van der Waals surface area contributed by atoms with Gasteiger partial charge in [0.15, 0.2) is 17.5 Å². The number of allylic oxidation sites excluding steroid dienone is 8. The van der Waals surface area contributed by atoms with Crippen LogP contribution in [-0.4, -0.2) is 128 Å². The second-order valence-electron chi connectivity index (χ2n) is 26.5. The van der Waals surface area contributed by atoms with Gasteiger partial charge >= 0.3 is 49.4 Å². The van der Waals surface area contributed by atoms with Gasteiger partial charge in [-0.05, 0) is 105 Å². The van der Waals surface area contributed by atoms with Gasteiger partial charge in [0.1, 0.15) is 54.7 Å². The van der Waals surface area contributed by atoms with Crippen molar-refractivity contribution < 1.29 is 131 Å². The third-order valence-electron chi connectivity index (χ3n) is 18.1. The number of esters is 2. The molecule has 1 saturated heterocycles. The average Bonchev–Trinajstić information content (AvgIpc) is 0.706. The number of carbonyl (C=O) groups is 2. The number of benzene rings is 3. The molecule has 1 saturated carbocycles. The lowest BCUT2D eigenvalue weighted by molar-refractivity contribution is -0.328. The maximum absolute atomic E-state index is 15.3. The van der Waals surface area contributed by atoms with Crippen LogP contribution in [0.4, 0.5) is 13.2 Å². The van der Waals surface area contributed by atoms with E-state index < -0.39 is 128 Å². The van der Waals surface area contributed by atoms with E-state index in [1.54, 1.807) is 0 Å². The van der Waals surface area contributed by atoms with Crippen molar-refractivity contribution in [1.82, 2.24) is 0 Å². The Hall–Kier alpha value is -3.61. The molecular weight excluding hydrogens is 1620 g/mol. The average molecular weight is 1720 g/mol. The third kappa shape index (κ3) is 32.4. The highest BCUT2D eigenvalue weighted by Crippen LogP contribution is 2.60. The van der Waals surface area contributed by atoms with Crippen molar-refractivity contribution in [2.24, 2.45) is 0 Å². The summed E-state index contributed by atoms with van der Waals surface area (Å²) in [5.41, 5.74) is -5.08. The Morgan fingerprint density at radius 2 is 0.981 bits per heavy atom. The highest BCUT2D eigenvalue weighted by Gasteiger charge is 2.65. The molecule has 0 radical (unpaired) electrons. The first kappa shape index (κ1) is 92.3. The molecule has 3 aromatic carbocycles. The molecule has 2 aliphatic heterocycles. The number of carbonyl (C=O) groups excluding carboxylic acids is 2. The SMILES string of the molecule is CCCCC/C=C\C/C=C\C/C=C\C/C=C\CCCC(=O)O[C@H](COC(=O)CCCCCCCCCCCCCCCCC)COP(=O)(O)O[C@@H]1[C@H](OC2(OC)CCOCC2)[C@H](OP(=O)(O)O)[C@@H](OP(=O)(O)O)[C@H](OP(=O)(O)O)[C@H]1OC1(c2cccc(C(F)(F)F)c2)c2cc(Br)ccc2Oc2ccc(Br)cc21. The molecule has 0 spiro atoms. The van der Waals surface area contributed by atoms with Gasteiger partial charge in [0, 0.05) is 52.9 Å². The first-order valence-corrected chi connectivity index (χ1v) is 44.3. The summed E-state index contributed by atoms with van der Waals surface area (Å²) in [6.07, 6.45) is 15.1. The van der Waals surface area contributed by atoms with Gasteiger partial charge in [-0.2, -0.15) is 13.2 Å². The fraction of sp³-hybridized carbons (Fsp3) is 0.616. The number of hydrogen-bond donors (Lipinski definition) is 7. The van der Waals surface area contributed by atoms with Crippen molar-refractivity contribution in [3.8, 4) is 11.5 Å². The zero-order valence-electron chi connectivity index (χ0n) is 60.7. The number of unbranched alkanes of at least 4 members (excludes halogenated alkanes) is 18. The van der Waals surface area contributed by atoms with Crippen LogP contribution in [0.1, 0.15) is 216 Å². The smallest absolute Gasteiger partial charge is 0.462 e. The lowest BCUT2D eigenvalue weighted by Gasteiger charge is -2.53. The number of alkyl halides is 3. The zero-order valence-corrected chi connectivity index (χ0v) is 67.5. The molecule has 602 valence electrons. The van der Waals surface area contributed by atoms with Crippen LogP contribution >= 0.6 is 63.2 Å². The number of ether oxygens (including phenoxy) is 7. The van der Waals surface area contributed by atoms with Crippen molar-refractivity contribution in [3.05, 3.63) is 140 Å². The van der Waals surface area contributed by atoms with Gasteiger partial charge in [0.25, 0.3) is 0 Å². The highest BCUT2D eigenvalue weighted by atomic mass is 79.9. The largest absolute Gasteiger partial charge is 0.472 e. The molecule has 2 heterocycles. The summed E-state index contributed by atoms with van der Waals surface area (Å²) >= 11 is 6.79. The minimum atomic E-state index is -6.29. The monoisotopic (exact) mass is 1720 g/mol. The summed E-state index contributed by atoms with van der Waals surface area (Å²) in [7, 11) is -23.8. The quantitative estimate of drug-likeness (QED) is 0.00907. The van der Waals surface area contributed by atoms with Crippen LogP contribution in [0.5, 0.6) is 11.5 Å². The molecule has 34 heteroatoms. The molecule has 1 aliphatic carbocycles. The fourth-order valence-corrected chi connectivity index (χ4v) is 16.2. The Kier molecular flexibility index (Phi) is 39.6. The van der Waals surface area contributed by atoms with Crippen molar-refractivity contribution in [2.45, 2.75) is 254 Å². The number of phosphoric acid groups is 4. The van der Waals surface area contributed by atoms with Crippen LogP contribution in [-0.2, 0) is 90.7 Å². The molecule has 1 unspecified atom stereocenters. The molecule has 8 atom stereocenters. The number of phosphoric ester groups is 4. The lowest BCUT2D eigenvalue weighted by Crippen LogP contribution is -2.69. The highest BCUT2D eigenvalue weighted by molar-refractivity contribution is 9.10.